The number of piperidine rings is 1. The summed E-state index contributed by atoms with van der Waals surface area (Å²) in [7, 11) is 0. The van der Waals surface area contributed by atoms with Crippen LogP contribution in [0.15, 0.2) is 0 Å². The Balaban J connectivity index is 1.87. The van der Waals surface area contributed by atoms with E-state index in [1.165, 1.54) is 0 Å². The van der Waals surface area contributed by atoms with Gasteiger partial charge in [-0.15, -0.1) is 0 Å². The van der Waals surface area contributed by atoms with E-state index in [0.717, 1.165) is 32.7 Å². The van der Waals surface area contributed by atoms with E-state index in [-0.39, 0.29) is 5.91 Å². The van der Waals surface area contributed by atoms with Gasteiger partial charge in [0.25, 0.3) is 0 Å². The summed E-state index contributed by atoms with van der Waals surface area (Å²) >= 11 is 0. The molecule has 0 aliphatic carbocycles. The van der Waals surface area contributed by atoms with Gasteiger partial charge >= 0.3 is 0 Å². The molecule has 2 rings (SSSR count). The topological polar surface area (TPSA) is 55.6 Å². The van der Waals surface area contributed by atoms with Crippen LogP contribution in [0.1, 0.15) is 12.8 Å². The van der Waals surface area contributed by atoms with Crippen molar-refractivity contribution in [2.45, 2.75) is 12.8 Å². The van der Waals surface area contributed by atoms with Gasteiger partial charge in [-0.05, 0) is 12.3 Å². The number of carbonyl (C=O) groups is 1. The maximum Gasteiger partial charge on any atom is 0.223 e. The second-order valence-corrected chi connectivity index (χ2v) is 4.22. The summed E-state index contributed by atoms with van der Waals surface area (Å²) in [4.78, 5) is 13.5. The molecule has 0 spiro atoms. The van der Waals surface area contributed by atoms with E-state index in [0.29, 0.717) is 24.8 Å². The number of ether oxygens (including phenoxy) is 1. The van der Waals surface area contributed by atoms with Crippen LogP contribution < -0.4 is 5.73 Å². The van der Waals surface area contributed by atoms with Gasteiger partial charge in [-0.25, -0.2) is 0 Å². The zero-order valence-corrected chi connectivity index (χ0v) is 8.45. The molecule has 0 aromatic rings. The number of likely N-dealkylation sites (tertiary alicyclic amines) is 1. The van der Waals surface area contributed by atoms with Crippen molar-refractivity contribution in [1.82, 2.24) is 4.90 Å². The van der Waals surface area contributed by atoms with E-state index in [9.17, 15) is 4.79 Å². The molecule has 2 aliphatic rings. The van der Waals surface area contributed by atoms with E-state index < -0.39 is 0 Å². The first-order valence-electron chi connectivity index (χ1n) is 5.37. The third-order valence-electron chi connectivity index (χ3n) is 3.27. The van der Waals surface area contributed by atoms with Crippen LogP contribution in [0.3, 0.4) is 0 Å². The predicted molar refractivity (Wildman–Crippen MR) is 52.7 cm³/mol. The van der Waals surface area contributed by atoms with Crippen LogP contribution in [0.2, 0.25) is 0 Å². The standard InChI is InChI=1S/C10H18N2O2/c11-3-1-10(13)12-4-2-8-6-14-7-9(8)5-12/h8-9H,1-7,11H2/t8-,9-/m0/s1. The maximum absolute atomic E-state index is 11.6. The SMILES string of the molecule is NCCC(=O)N1CC[C@H]2COC[C@@H]2C1. The fourth-order valence-electron chi connectivity index (χ4n) is 2.37. The van der Waals surface area contributed by atoms with Crippen LogP contribution in [-0.2, 0) is 9.53 Å². The summed E-state index contributed by atoms with van der Waals surface area (Å²) < 4.78 is 5.42. The first-order chi connectivity index (χ1) is 6.81. The van der Waals surface area contributed by atoms with E-state index in [2.05, 4.69) is 0 Å². The molecular weight excluding hydrogens is 180 g/mol. The normalized spacial score (nSPS) is 31.6. The largest absolute Gasteiger partial charge is 0.381 e. The van der Waals surface area contributed by atoms with Crippen molar-refractivity contribution >= 4 is 5.91 Å². The second-order valence-electron chi connectivity index (χ2n) is 4.22. The first kappa shape index (κ1) is 9.93. The summed E-state index contributed by atoms with van der Waals surface area (Å²) in [6.45, 7) is 3.95. The third kappa shape index (κ3) is 1.91. The van der Waals surface area contributed by atoms with Crippen LogP contribution >= 0.6 is 0 Å². The van der Waals surface area contributed by atoms with Crippen LogP contribution in [0.4, 0.5) is 0 Å². The van der Waals surface area contributed by atoms with Crippen LogP contribution in [0, 0.1) is 11.8 Å². The highest BCUT2D eigenvalue weighted by Crippen LogP contribution is 2.29. The minimum Gasteiger partial charge on any atom is -0.381 e. The minimum atomic E-state index is 0.206. The Kier molecular flexibility index (Phi) is 3.03. The summed E-state index contributed by atoms with van der Waals surface area (Å²) in [5.74, 6) is 1.47. The Bertz CT molecular complexity index is 220. The van der Waals surface area contributed by atoms with Gasteiger partial charge in [0.2, 0.25) is 5.91 Å². The van der Waals surface area contributed by atoms with Gasteiger partial charge in [0.15, 0.2) is 0 Å². The number of nitrogens with two attached hydrogens (primary N) is 1. The fourth-order valence-corrected chi connectivity index (χ4v) is 2.37. The number of rotatable bonds is 2. The Morgan fingerprint density at radius 1 is 1.43 bits per heavy atom. The summed E-state index contributed by atoms with van der Waals surface area (Å²) in [5.41, 5.74) is 5.37. The zero-order chi connectivity index (χ0) is 9.97. The fraction of sp³-hybridized carbons (Fsp3) is 0.900. The molecule has 0 radical (unpaired) electrons. The lowest BCUT2D eigenvalue weighted by Crippen LogP contribution is -2.43. The molecule has 14 heavy (non-hydrogen) atoms. The molecule has 2 N–H and O–H groups in total. The zero-order valence-electron chi connectivity index (χ0n) is 8.45. The Hall–Kier alpha value is -0.610. The molecule has 2 saturated heterocycles. The highest BCUT2D eigenvalue weighted by atomic mass is 16.5. The number of hydrogen-bond donors (Lipinski definition) is 1. The Labute approximate surface area is 84.4 Å². The summed E-state index contributed by atoms with van der Waals surface area (Å²) in [6, 6.07) is 0. The Morgan fingerprint density at radius 3 is 3.00 bits per heavy atom. The van der Waals surface area contributed by atoms with Gasteiger partial charge in [-0.1, -0.05) is 0 Å². The van der Waals surface area contributed by atoms with E-state index in [4.69, 9.17) is 10.5 Å². The molecule has 4 heteroatoms. The monoisotopic (exact) mass is 198 g/mol. The van der Waals surface area contributed by atoms with Gasteiger partial charge in [0.1, 0.15) is 0 Å². The molecule has 1 amide bonds. The molecule has 0 aromatic heterocycles. The van der Waals surface area contributed by atoms with Crippen molar-refractivity contribution < 1.29 is 9.53 Å². The van der Waals surface area contributed by atoms with Crippen LogP contribution in [-0.4, -0.2) is 43.7 Å². The van der Waals surface area contributed by atoms with Crippen molar-refractivity contribution in [2.24, 2.45) is 17.6 Å². The average molecular weight is 198 g/mol. The summed E-state index contributed by atoms with van der Waals surface area (Å²) in [5, 5.41) is 0. The van der Waals surface area contributed by atoms with Gasteiger partial charge in [-0.3, -0.25) is 4.79 Å². The Morgan fingerprint density at radius 2 is 2.21 bits per heavy atom. The molecule has 2 aliphatic heterocycles. The van der Waals surface area contributed by atoms with Crippen LogP contribution in [0.5, 0.6) is 0 Å². The maximum atomic E-state index is 11.6. The molecule has 4 nitrogen and oxygen atoms in total. The van der Waals surface area contributed by atoms with Crippen molar-refractivity contribution in [1.29, 1.82) is 0 Å². The number of amides is 1. The van der Waals surface area contributed by atoms with Crippen molar-refractivity contribution in [2.75, 3.05) is 32.8 Å². The van der Waals surface area contributed by atoms with E-state index in [1.807, 2.05) is 4.90 Å². The molecule has 2 fully saturated rings. The lowest BCUT2D eigenvalue weighted by atomic mass is 9.88. The molecule has 2 atom stereocenters. The summed E-state index contributed by atoms with van der Waals surface area (Å²) in [6.07, 6.45) is 1.58. The van der Waals surface area contributed by atoms with Gasteiger partial charge in [0.05, 0.1) is 6.61 Å². The molecule has 0 bridgehead atoms. The lowest BCUT2D eigenvalue weighted by molar-refractivity contribution is -0.133. The predicted octanol–water partition coefficient (Wildman–Crippen LogP) is -0.170. The highest BCUT2D eigenvalue weighted by Gasteiger charge is 2.34. The first-order valence-corrected chi connectivity index (χ1v) is 5.37. The number of carbonyl (C=O) groups excluding carboxylic acids is 1. The molecule has 0 unspecified atom stereocenters. The minimum absolute atomic E-state index is 0.206. The highest BCUT2D eigenvalue weighted by molar-refractivity contribution is 5.76. The average Bonchev–Trinajstić information content (AvgIpc) is 2.64. The number of nitrogens with zero attached hydrogens (tertiary/aromatic N) is 1. The van der Waals surface area contributed by atoms with Gasteiger partial charge < -0.3 is 15.4 Å². The lowest BCUT2D eigenvalue weighted by Gasteiger charge is -2.33. The van der Waals surface area contributed by atoms with E-state index >= 15 is 0 Å². The van der Waals surface area contributed by atoms with Gasteiger partial charge in [-0.2, -0.15) is 0 Å². The van der Waals surface area contributed by atoms with Crippen molar-refractivity contribution in [3.63, 3.8) is 0 Å². The molecule has 0 aromatic carbocycles. The number of fused-ring (bicyclic) bond motifs is 1. The third-order valence-corrected chi connectivity index (χ3v) is 3.27. The number of hydrogen-bond acceptors (Lipinski definition) is 3. The van der Waals surface area contributed by atoms with Crippen molar-refractivity contribution in [3.05, 3.63) is 0 Å². The van der Waals surface area contributed by atoms with Gasteiger partial charge in [0, 0.05) is 38.6 Å². The van der Waals surface area contributed by atoms with Crippen molar-refractivity contribution in [3.8, 4) is 0 Å². The molecule has 2 heterocycles. The molecule has 0 saturated carbocycles. The van der Waals surface area contributed by atoms with E-state index in [1.54, 1.807) is 0 Å². The smallest absolute Gasteiger partial charge is 0.223 e. The quantitative estimate of drug-likeness (QED) is 0.670. The van der Waals surface area contributed by atoms with Crippen LogP contribution in [0.25, 0.3) is 0 Å². The molecular formula is C10H18N2O2. The second kappa shape index (κ2) is 4.28. The molecule has 80 valence electrons.